The average molecular weight is 283 g/mol. The van der Waals surface area contributed by atoms with E-state index >= 15 is 0 Å². The number of unbranched alkanes of at least 4 members (excludes halogenated alkanes) is 6. The zero-order valence-corrected chi connectivity index (χ0v) is 13.1. The predicted molar refractivity (Wildman–Crippen MR) is 81.4 cm³/mol. The second kappa shape index (κ2) is 16.2. The van der Waals surface area contributed by atoms with Gasteiger partial charge < -0.3 is 14.6 Å². The third kappa shape index (κ3) is 17.2. The second-order valence-corrected chi connectivity index (χ2v) is 5.27. The fourth-order valence-corrected chi connectivity index (χ4v) is 2.09. The highest BCUT2D eigenvalue weighted by Crippen LogP contribution is 2.08. The molecule has 0 aromatic carbocycles. The van der Waals surface area contributed by atoms with E-state index in [9.17, 15) is 9.90 Å². The summed E-state index contributed by atoms with van der Waals surface area (Å²) in [6, 6.07) is 0. The maximum absolute atomic E-state index is 10.1. The Morgan fingerprint density at radius 1 is 1.00 bits per heavy atom. The Morgan fingerprint density at radius 3 is 2.05 bits per heavy atom. The molecule has 0 radical (unpaired) electrons. The van der Waals surface area contributed by atoms with Crippen LogP contribution in [-0.2, 0) is 9.53 Å². The molecule has 1 heterocycles. The fourth-order valence-electron chi connectivity index (χ4n) is 2.09. The summed E-state index contributed by atoms with van der Waals surface area (Å²) in [5, 5.41) is 10.1. The lowest BCUT2D eigenvalue weighted by atomic mass is 10.1. The molecule has 118 valence electrons. The molecule has 0 N–H and O–H groups in total. The van der Waals surface area contributed by atoms with Crippen molar-refractivity contribution in [3.8, 4) is 0 Å². The van der Waals surface area contributed by atoms with E-state index in [1.807, 2.05) is 6.92 Å². The second-order valence-electron chi connectivity index (χ2n) is 5.27. The van der Waals surface area contributed by atoms with E-state index in [4.69, 9.17) is 4.74 Å². The van der Waals surface area contributed by atoms with Crippen molar-refractivity contribution in [2.45, 2.75) is 77.6 Å². The van der Waals surface area contributed by atoms with E-state index in [0.717, 1.165) is 32.5 Å². The molecule has 20 heavy (non-hydrogen) atoms. The summed E-state index contributed by atoms with van der Waals surface area (Å²) in [6.07, 6.45) is 16.3. The highest BCUT2D eigenvalue weighted by molar-refractivity contribution is 5.63. The van der Waals surface area contributed by atoms with Gasteiger partial charge in [0.2, 0.25) is 0 Å². The summed E-state index contributed by atoms with van der Waals surface area (Å²) >= 11 is 0. The smallest absolute Gasteiger partial charge is 0.0466 e. The maximum atomic E-state index is 10.1. The summed E-state index contributed by atoms with van der Waals surface area (Å²) < 4.78 is 5.07. The van der Waals surface area contributed by atoms with E-state index in [1.165, 1.54) is 44.9 Å². The van der Waals surface area contributed by atoms with Crippen molar-refractivity contribution < 1.29 is 14.6 Å². The Labute approximate surface area is 124 Å². The Kier molecular flexibility index (Phi) is 15.6. The molecule has 0 aromatic heterocycles. The van der Waals surface area contributed by atoms with Gasteiger partial charge in [-0.1, -0.05) is 37.8 Å². The van der Waals surface area contributed by atoms with Crippen LogP contribution < -0.4 is 5.11 Å². The zero-order valence-electron chi connectivity index (χ0n) is 13.1. The molecule has 0 bridgehead atoms. The number of hydrogen-bond donors (Lipinski definition) is 0. The molecule has 1 aliphatic heterocycles. The van der Waals surface area contributed by atoms with Crippen molar-refractivity contribution in [3.63, 3.8) is 0 Å². The van der Waals surface area contributed by atoms with Crippen LogP contribution >= 0.6 is 0 Å². The predicted octanol–water partition coefficient (Wildman–Crippen LogP) is 3.62. The number of aliphatic carboxylic acids is 1. The van der Waals surface area contributed by atoms with Crippen LogP contribution in [0, 0.1) is 0 Å². The molecule has 1 aliphatic rings. The first kappa shape index (κ1) is 19.2. The van der Waals surface area contributed by atoms with E-state index < -0.39 is 5.97 Å². The summed E-state index contributed by atoms with van der Waals surface area (Å²) in [5.41, 5.74) is 0. The molecule has 1 saturated heterocycles. The highest BCUT2D eigenvalue weighted by atomic mass is 16.5. The molecule has 0 unspecified atom stereocenters. The Balaban J connectivity index is 0.000000493. The minimum atomic E-state index is -0.918. The van der Waals surface area contributed by atoms with Crippen LogP contribution in [0.4, 0.5) is 0 Å². The van der Waals surface area contributed by atoms with Gasteiger partial charge in [-0.05, 0) is 51.9 Å². The Bertz CT molecular complexity index is 221. The molecule has 3 heteroatoms. The van der Waals surface area contributed by atoms with Crippen LogP contribution in [0.3, 0.4) is 0 Å². The topological polar surface area (TPSA) is 49.4 Å². The number of carboxylic acids is 1. The van der Waals surface area contributed by atoms with Gasteiger partial charge in [0, 0.05) is 19.2 Å². The number of rotatable bonds is 9. The molecule has 1 rings (SSSR count). The van der Waals surface area contributed by atoms with Gasteiger partial charge in [0.15, 0.2) is 0 Å². The molecule has 0 aromatic rings. The van der Waals surface area contributed by atoms with Gasteiger partial charge in [0.05, 0.1) is 0 Å². The first-order chi connectivity index (χ1) is 9.77. The highest BCUT2D eigenvalue weighted by Gasteiger charge is 1.95. The first-order valence-corrected chi connectivity index (χ1v) is 8.16. The molecule has 3 nitrogen and oxygen atoms in total. The van der Waals surface area contributed by atoms with Crippen LogP contribution in [-0.4, -0.2) is 19.2 Å². The van der Waals surface area contributed by atoms with E-state index in [-0.39, 0.29) is 6.42 Å². The van der Waals surface area contributed by atoms with E-state index in [2.05, 4.69) is 12.2 Å². The van der Waals surface area contributed by atoms with E-state index in [0.29, 0.717) is 0 Å². The van der Waals surface area contributed by atoms with Crippen LogP contribution in [0.15, 0.2) is 12.2 Å². The maximum Gasteiger partial charge on any atom is 0.0466 e. The Hall–Kier alpha value is -0.830. The van der Waals surface area contributed by atoms with Gasteiger partial charge >= 0.3 is 0 Å². The molecule has 0 saturated carbocycles. The van der Waals surface area contributed by atoms with Crippen molar-refractivity contribution in [2.75, 3.05) is 13.2 Å². The quantitative estimate of drug-likeness (QED) is 0.479. The number of carbonyl (C=O) groups is 1. The van der Waals surface area contributed by atoms with Crippen LogP contribution in [0.5, 0.6) is 0 Å². The summed E-state index contributed by atoms with van der Waals surface area (Å²) in [6.45, 7) is 4.04. The summed E-state index contributed by atoms with van der Waals surface area (Å²) in [4.78, 5) is 10.1. The van der Waals surface area contributed by atoms with Gasteiger partial charge in [-0.3, -0.25) is 0 Å². The van der Waals surface area contributed by atoms with Gasteiger partial charge in [-0.15, -0.1) is 0 Å². The monoisotopic (exact) mass is 283 g/mol. The number of hydrogen-bond acceptors (Lipinski definition) is 3. The zero-order chi connectivity index (χ0) is 14.9. The number of ether oxygens (including phenoxy) is 1. The van der Waals surface area contributed by atoms with Gasteiger partial charge in [0.1, 0.15) is 0 Å². The van der Waals surface area contributed by atoms with Crippen molar-refractivity contribution >= 4 is 5.97 Å². The fraction of sp³-hybridized carbons (Fsp3) is 0.824. The SMILES string of the molecule is C/C=C\CCCCCCCCC(=O)[O-].C1CCOCC1. The normalized spacial score (nSPS) is 14.8. The van der Waals surface area contributed by atoms with Crippen molar-refractivity contribution in [1.29, 1.82) is 0 Å². The van der Waals surface area contributed by atoms with Crippen LogP contribution in [0.1, 0.15) is 77.6 Å². The van der Waals surface area contributed by atoms with Crippen LogP contribution in [0.25, 0.3) is 0 Å². The molecule has 0 aliphatic carbocycles. The number of allylic oxidation sites excluding steroid dienone is 2. The Morgan fingerprint density at radius 2 is 1.60 bits per heavy atom. The molecule has 0 amide bonds. The average Bonchev–Trinajstić information content (AvgIpc) is 2.48. The minimum Gasteiger partial charge on any atom is -0.550 e. The lowest BCUT2D eigenvalue weighted by molar-refractivity contribution is -0.305. The van der Waals surface area contributed by atoms with Crippen molar-refractivity contribution in [1.82, 2.24) is 0 Å². The molecule has 0 spiro atoms. The summed E-state index contributed by atoms with van der Waals surface area (Å²) in [5.74, 6) is -0.918. The molecule has 0 atom stereocenters. The number of carbonyl (C=O) groups excluding carboxylic acids is 1. The third-order valence-electron chi connectivity index (χ3n) is 3.31. The molecule has 1 fully saturated rings. The molecular formula is C17H31O3-. The third-order valence-corrected chi connectivity index (χ3v) is 3.31. The number of carboxylic acid groups (broad SMARTS) is 1. The van der Waals surface area contributed by atoms with Crippen molar-refractivity contribution in [2.24, 2.45) is 0 Å². The standard InChI is InChI=1S/C12H22O2.C5H10O/c1-2-3-4-5-6-7-8-9-10-11-12(13)14;1-2-4-6-5-3-1/h2-3H,4-11H2,1H3,(H,13,14);1-5H2/p-1/b3-2-;. The van der Waals surface area contributed by atoms with Crippen molar-refractivity contribution in [3.05, 3.63) is 12.2 Å². The van der Waals surface area contributed by atoms with Gasteiger partial charge in [-0.2, -0.15) is 0 Å². The van der Waals surface area contributed by atoms with Gasteiger partial charge in [-0.25, -0.2) is 0 Å². The first-order valence-electron chi connectivity index (χ1n) is 8.16. The van der Waals surface area contributed by atoms with E-state index in [1.54, 1.807) is 0 Å². The van der Waals surface area contributed by atoms with Gasteiger partial charge in [0.25, 0.3) is 0 Å². The summed E-state index contributed by atoms with van der Waals surface area (Å²) in [7, 11) is 0. The lowest BCUT2D eigenvalue weighted by Crippen LogP contribution is -2.21. The minimum absolute atomic E-state index is 0.221. The largest absolute Gasteiger partial charge is 0.550 e. The molecular weight excluding hydrogens is 252 g/mol. The van der Waals surface area contributed by atoms with Crippen LogP contribution in [0.2, 0.25) is 0 Å². The lowest BCUT2D eigenvalue weighted by Gasteiger charge is -2.08.